The van der Waals surface area contributed by atoms with Gasteiger partial charge in [-0.3, -0.25) is 10.1 Å². The number of non-ortho nitro benzene ring substituents is 1. The maximum absolute atomic E-state index is 10.8. The molecule has 1 aliphatic carbocycles. The van der Waals surface area contributed by atoms with Gasteiger partial charge in [-0.15, -0.1) is 0 Å². The average molecular weight is 342 g/mol. The van der Waals surface area contributed by atoms with Gasteiger partial charge in [0.25, 0.3) is 5.69 Å². The molecule has 4 nitrogen and oxygen atoms in total. The topological polar surface area (TPSA) is 52.4 Å². The van der Waals surface area contributed by atoms with Crippen molar-refractivity contribution in [3.05, 3.63) is 33.9 Å². The van der Waals surface area contributed by atoms with Crippen LogP contribution in [0.4, 0.5) is 5.69 Å². The Bertz CT molecular complexity index is 478. The summed E-state index contributed by atoms with van der Waals surface area (Å²) in [5, 5.41) is 11.4. The largest absolute Gasteiger partial charge is 0.490 e. The minimum Gasteiger partial charge on any atom is -0.490 e. The zero-order valence-corrected chi connectivity index (χ0v) is 13.3. The van der Waals surface area contributed by atoms with Crippen molar-refractivity contribution < 1.29 is 9.66 Å². The lowest BCUT2D eigenvalue weighted by molar-refractivity contribution is -0.384. The summed E-state index contributed by atoms with van der Waals surface area (Å²) in [4.78, 5) is 10.4. The molecule has 0 aromatic heterocycles. The molecule has 0 N–H and O–H groups in total. The van der Waals surface area contributed by atoms with E-state index in [1.165, 1.54) is 25.3 Å². The van der Waals surface area contributed by atoms with Gasteiger partial charge >= 0.3 is 0 Å². The molecule has 0 amide bonds. The van der Waals surface area contributed by atoms with Gasteiger partial charge in [0.2, 0.25) is 0 Å². The van der Waals surface area contributed by atoms with E-state index in [-0.39, 0.29) is 16.7 Å². The first-order chi connectivity index (χ1) is 9.65. The van der Waals surface area contributed by atoms with Crippen molar-refractivity contribution in [2.75, 3.05) is 0 Å². The molecule has 0 saturated heterocycles. The van der Waals surface area contributed by atoms with Crippen molar-refractivity contribution in [2.24, 2.45) is 5.92 Å². The predicted octanol–water partition coefficient (Wildman–Crippen LogP) is 4.84. The van der Waals surface area contributed by atoms with Crippen LogP contribution in [0.25, 0.3) is 0 Å². The van der Waals surface area contributed by atoms with E-state index >= 15 is 0 Å². The highest BCUT2D eigenvalue weighted by molar-refractivity contribution is 9.08. The fraction of sp³-hybridized carbons (Fsp3) is 0.600. The molecule has 0 aliphatic heterocycles. The zero-order valence-electron chi connectivity index (χ0n) is 11.7. The van der Waals surface area contributed by atoms with Crippen molar-refractivity contribution in [3.8, 4) is 5.75 Å². The summed E-state index contributed by atoms with van der Waals surface area (Å²) < 4.78 is 6.16. The van der Waals surface area contributed by atoms with E-state index in [9.17, 15) is 10.1 Å². The lowest BCUT2D eigenvalue weighted by Crippen LogP contribution is -2.30. The minimum atomic E-state index is -0.370. The van der Waals surface area contributed by atoms with Gasteiger partial charge in [-0.05, 0) is 37.7 Å². The van der Waals surface area contributed by atoms with E-state index < -0.39 is 0 Å². The van der Waals surface area contributed by atoms with Gasteiger partial charge < -0.3 is 4.74 Å². The van der Waals surface area contributed by atoms with Crippen LogP contribution in [0, 0.1) is 16.0 Å². The Kier molecular flexibility index (Phi) is 5.40. The SMILES string of the molecule is CCC1CCCCC1Oc1ccc([N+](=O)[O-])cc1CBr. The quantitative estimate of drug-likeness (QED) is 0.437. The summed E-state index contributed by atoms with van der Waals surface area (Å²) in [6, 6.07) is 4.84. The maximum Gasteiger partial charge on any atom is 0.270 e. The van der Waals surface area contributed by atoms with Crippen molar-refractivity contribution in [2.45, 2.75) is 50.5 Å². The molecular formula is C15H20BrNO3. The van der Waals surface area contributed by atoms with Crippen LogP contribution in [0.2, 0.25) is 0 Å². The lowest BCUT2D eigenvalue weighted by atomic mass is 9.84. The zero-order chi connectivity index (χ0) is 14.5. The number of nitro groups is 1. The van der Waals surface area contributed by atoms with Crippen molar-refractivity contribution >= 4 is 21.6 Å². The molecule has 1 aliphatic rings. The fourth-order valence-corrected chi connectivity index (χ4v) is 3.30. The van der Waals surface area contributed by atoms with E-state index in [0.29, 0.717) is 11.2 Å². The molecule has 2 atom stereocenters. The summed E-state index contributed by atoms with van der Waals surface area (Å²) in [7, 11) is 0. The molecule has 0 spiro atoms. The Balaban J connectivity index is 2.17. The minimum absolute atomic E-state index is 0.113. The van der Waals surface area contributed by atoms with Gasteiger partial charge in [-0.2, -0.15) is 0 Å². The number of ether oxygens (including phenoxy) is 1. The third kappa shape index (κ3) is 3.51. The first-order valence-electron chi connectivity index (χ1n) is 7.15. The summed E-state index contributed by atoms with van der Waals surface area (Å²) in [6.45, 7) is 2.20. The second kappa shape index (κ2) is 7.07. The Morgan fingerprint density at radius 2 is 2.15 bits per heavy atom. The molecule has 2 unspecified atom stereocenters. The Morgan fingerprint density at radius 1 is 1.40 bits per heavy atom. The summed E-state index contributed by atoms with van der Waals surface area (Å²) in [6.07, 6.45) is 6.16. The van der Waals surface area contributed by atoms with Crippen LogP contribution in [0.3, 0.4) is 0 Å². The van der Waals surface area contributed by atoms with Gasteiger partial charge in [0.15, 0.2) is 0 Å². The molecule has 5 heteroatoms. The number of halogens is 1. The predicted molar refractivity (Wildman–Crippen MR) is 82.4 cm³/mol. The lowest BCUT2D eigenvalue weighted by Gasteiger charge is -2.31. The van der Waals surface area contributed by atoms with Gasteiger partial charge in [0.1, 0.15) is 11.9 Å². The highest BCUT2D eigenvalue weighted by Crippen LogP contribution is 2.33. The molecule has 1 saturated carbocycles. The third-order valence-corrected chi connectivity index (χ3v) is 4.65. The van der Waals surface area contributed by atoms with Gasteiger partial charge in [0.05, 0.1) is 4.92 Å². The van der Waals surface area contributed by atoms with Crippen LogP contribution in [0.1, 0.15) is 44.6 Å². The smallest absolute Gasteiger partial charge is 0.270 e. The summed E-state index contributed by atoms with van der Waals surface area (Å²) in [5.74, 6) is 1.37. The second-order valence-corrected chi connectivity index (χ2v) is 5.85. The van der Waals surface area contributed by atoms with Crippen LogP contribution in [-0.4, -0.2) is 11.0 Å². The number of rotatable bonds is 5. The number of benzene rings is 1. The number of nitrogens with zero attached hydrogens (tertiary/aromatic N) is 1. The van der Waals surface area contributed by atoms with Crippen LogP contribution < -0.4 is 4.74 Å². The number of alkyl halides is 1. The molecule has 20 heavy (non-hydrogen) atoms. The van der Waals surface area contributed by atoms with Gasteiger partial charge in [-0.1, -0.05) is 29.3 Å². The summed E-state index contributed by atoms with van der Waals surface area (Å²) >= 11 is 3.39. The van der Waals surface area contributed by atoms with E-state index in [2.05, 4.69) is 22.9 Å². The molecule has 2 rings (SSSR count). The molecule has 0 heterocycles. The van der Waals surface area contributed by atoms with Crippen LogP contribution in [-0.2, 0) is 5.33 Å². The molecule has 1 aromatic carbocycles. The Hall–Kier alpha value is -1.10. The highest BCUT2D eigenvalue weighted by atomic mass is 79.9. The summed E-state index contributed by atoms with van der Waals surface area (Å²) in [5.41, 5.74) is 0.960. The van der Waals surface area contributed by atoms with Crippen molar-refractivity contribution in [1.82, 2.24) is 0 Å². The highest BCUT2D eigenvalue weighted by Gasteiger charge is 2.26. The third-order valence-electron chi connectivity index (χ3n) is 4.04. The number of hydrogen-bond donors (Lipinski definition) is 0. The number of hydrogen-bond acceptors (Lipinski definition) is 3. The standard InChI is InChI=1S/C15H20BrNO3/c1-2-11-5-3-4-6-14(11)20-15-8-7-13(17(18)19)9-12(15)10-16/h7-9,11,14H,2-6,10H2,1H3. The second-order valence-electron chi connectivity index (χ2n) is 5.29. The normalized spacial score (nSPS) is 22.5. The first-order valence-corrected chi connectivity index (χ1v) is 8.27. The first kappa shape index (κ1) is 15.3. The Labute approximate surface area is 127 Å². The molecular weight excluding hydrogens is 322 g/mol. The van der Waals surface area contributed by atoms with Crippen LogP contribution >= 0.6 is 15.9 Å². The average Bonchev–Trinajstić information content (AvgIpc) is 2.48. The maximum atomic E-state index is 10.8. The van der Waals surface area contributed by atoms with E-state index in [1.807, 2.05) is 0 Å². The van der Waals surface area contributed by atoms with Crippen LogP contribution in [0.15, 0.2) is 18.2 Å². The van der Waals surface area contributed by atoms with Crippen molar-refractivity contribution in [3.63, 3.8) is 0 Å². The monoisotopic (exact) mass is 341 g/mol. The van der Waals surface area contributed by atoms with Crippen molar-refractivity contribution in [1.29, 1.82) is 0 Å². The fourth-order valence-electron chi connectivity index (χ4n) is 2.86. The van der Waals surface area contributed by atoms with E-state index in [1.54, 1.807) is 12.1 Å². The molecule has 1 aromatic rings. The molecule has 0 radical (unpaired) electrons. The molecule has 110 valence electrons. The molecule has 1 fully saturated rings. The Morgan fingerprint density at radius 3 is 2.80 bits per heavy atom. The van der Waals surface area contributed by atoms with Gasteiger partial charge in [0, 0.05) is 23.0 Å². The van der Waals surface area contributed by atoms with E-state index in [0.717, 1.165) is 24.2 Å². The molecule has 0 bridgehead atoms. The van der Waals surface area contributed by atoms with E-state index in [4.69, 9.17) is 4.74 Å². The van der Waals surface area contributed by atoms with Gasteiger partial charge in [-0.25, -0.2) is 0 Å². The number of nitro benzene ring substituents is 1. The van der Waals surface area contributed by atoms with Crippen LogP contribution in [0.5, 0.6) is 5.75 Å².